The van der Waals surface area contributed by atoms with E-state index in [1.807, 2.05) is 6.07 Å². The molecule has 0 saturated heterocycles. The van der Waals surface area contributed by atoms with E-state index in [4.69, 9.17) is 4.74 Å². The van der Waals surface area contributed by atoms with Crippen molar-refractivity contribution in [3.63, 3.8) is 0 Å². The minimum atomic E-state index is -0.247. The Hall–Kier alpha value is -2.35. The zero-order valence-corrected chi connectivity index (χ0v) is 18.6. The summed E-state index contributed by atoms with van der Waals surface area (Å²) in [4.78, 5) is 0. The average Bonchev–Trinajstić information content (AvgIpc) is 2.81. The van der Waals surface area contributed by atoms with Gasteiger partial charge in [-0.3, -0.25) is 0 Å². The molecule has 0 aliphatic heterocycles. The predicted molar refractivity (Wildman–Crippen MR) is 128 cm³/mol. The Bertz CT molecular complexity index is 884. The summed E-state index contributed by atoms with van der Waals surface area (Å²) < 4.78 is 20.0. The van der Waals surface area contributed by atoms with E-state index in [1.54, 1.807) is 12.1 Å². The average molecular weight is 419 g/mol. The van der Waals surface area contributed by atoms with Crippen LogP contribution in [0.1, 0.15) is 62.8 Å². The molecule has 0 bridgehead atoms. The van der Waals surface area contributed by atoms with Gasteiger partial charge in [0.2, 0.25) is 0 Å². The van der Waals surface area contributed by atoms with Crippen LogP contribution in [0.25, 0.3) is 11.1 Å². The molecule has 4 rings (SSSR count). The van der Waals surface area contributed by atoms with Crippen LogP contribution in [0.5, 0.6) is 5.75 Å². The van der Waals surface area contributed by atoms with Crippen LogP contribution in [0.3, 0.4) is 0 Å². The van der Waals surface area contributed by atoms with E-state index in [1.165, 1.54) is 63.0 Å². The highest BCUT2D eigenvalue weighted by atomic mass is 19.1. The molecule has 2 heteroatoms. The second-order valence-electron chi connectivity index (χ2n) is 9.44. The first-order valence-corrected chi connectivity index (χ1v) is 11.9. The quantitative estimate of drug-likeness (QED) is 0.392. The van der Waals surface area contributed by atoms with Crippen molar-refractivity contribution in [3.05, 3.63) is 79.2 Å². The van der Waals surface area contributed by atoms with Gasteiger partial charge in [0.15, 0.2) is 0 Å². The van der Waals surface area contributed by atoms with E-state index < -0.39 is 0 Å². The number of fused-ring (bicyclic) bond motifs is 1. The highest BCUT2D eigenvalue weighted by Gasteiger charge is 2.35. The Balaban J connectivity index is 1.38. The molecule has 31 heavy (non-hydrogen) atoms. The van der Waals surface area contributed by atoms with Gasteiger partial charge in [-0.1, -0.05) is 49.4 Å². The first-order chi connectivity index (χ1) is 15.2. The molecule has 164 valence electrons. The minimum Gasteiger partial charge on any atom is -0.489 e. The third-order valence-electron chi connectivity index (χ3n) is 7.50. The van der Waals surface area contributed by atoms with Gasteiger partial charge >= 0.3 is 0 Å². The summed E-state index contributed by atoms with van der Waals surface area (Å²) in [6.07, 6.45) is 14.4. The second kappa shape index (κ2) is 10.3. The maximum absolute atomic E-state index is 14.6. The molecule has 4 atom stereocenters. The molecule has 2 aromatic carbocycles. The maximum atomic E-state index is 14.6. The first-order valence-electron chi connectivity index (χ1n) is 11.9. The molecule has 0 N–H and O–H groups in total. The van der Waals surface area contributed by atoms with Crippen LogP contribution in [-0.2, 0) is 0 Å². The molecule has 2 aromatic rings. The predicted octanol–water partition coefficient (Wildman–Crippen LogP) is 8.32. The van der Waals surface area contributed by atoms with Gasteiger partial charge < -0.3 is 4.74 Å². The lowest BCUT2D eigenvalue weighted by molar-refractivity contribution is 0.115. The molecule has 0 aromatic heterocycles. The van der Waals surface area contributed by atoms with E-state index in [0.29, 0.717) is 23.8 Å². The van der Waals surface area contributed by atoms with Crippen LogP contribution in [0.15, 0.2) is 67.8 Å². The number of halogens is 1. The number of hydrogen-bond acceptors (Lipinski definition) is 1. The van der Waals surface area contributed by atoms with Crippen molar-refractivity contribution in [3.8, 4) is 16.9 Å². The highest BCUT2D eigenvalue weighted by molar-refractivity contribution is 5.65. The molecule has 4 unspecified atom stereocenters. The molecular weight excluding hydrogens is 383 g/mol. The van der Waals surface area contributed by atoms with Crippen molar-refractivity contribution in [2.24, 2.45) is 17.8 Å². The summed E-state index contributed by atoms with van der Waals surface area (Å²) >= 11 is 0. The Morgan fingerprint density at radius 2 is 1.68 bits per heavy atom. The molecule has 0 amide bonds. The standard InChI is InChI=1S/C29H35FO/c1-3-5-6-21-7-8-26-19-25(14-13-24(26)18-21)22-9-11-23(12-10-22)28-16-15-27(20-29(28)30)31-17-4-2/h3-4,9-12,15-16,20-21,24-26H,1-2,5-8,13-14,17-19H2. The van der Waals surface area contributed by atoms with Gasteiger partial charge in [0.25, 0.3) is 0 Å². The number of ether oxygens (including phenoxy) is 1. The van der Waals surface area contributed by atoms with E-state index >= 15 is 0 Å². The fraction of sp³-hybridized carbons (Fsp3) is 0.448. The highest BCUT2D eigenvalue weighted by Crippen LogP contribution is 2.48. The van der Waals surface area contributed by atoms with Crippen LogP contribution in [0.2, 0.25) is 0 Å². The monoisotopic (exact) mass is 418 g/mol. The van der Waals surface area contributed by atoms with Crippen molar-refractivity contribution in [1.29, 1.82) is 0 Å². The third kappa shape index (κ3) is 5.29. The topological polar surface area (TPSA) is 9.23 Å². The summed E-state index contributed by atoms with van der Waals surface area (Å²) in [5.41, 5.74) is 2.97. The first kappa shape index (κ1) is 21.9. The van der Waals surface area contributed by atoms with Gasteiger partial charge in [0.1, 0.15) is 18.2 Å². The lowest BCUT2D eigenvalue weighted by Gasteiger charge is -2.42. The van der Waals surface area contributed by atoms with Crippen LogP contribution in [0.4, 0.5) is 4.39 Å². The van der Waals surface area contributed by atoms with Gasteiger partial charge in [0.05, 0.1) is 0 Å². The third-order valence-corrected chi connectivity index (χ3v) is 7.50. The molecular formula is C29H35FO. The van der Waals surface area contributed by atoms with Crippen LogP contribution in [-0.4, -0.2) is 6.61 Å². The van der Waals surface area contributed by atoms with E-state index in [-0.39, 0.29) is 5.82 Å². The Morgan fingerprint density at radius 3 is 2.42 bits per heavy atom. The molecule has 0 heterocycles. The van der Waals surface area contributed by atoms with Gasteiger partial charge in [-0.15, -0.1) is 6.58 Å². The maximum Gasteiger partial charge on any atom is 0.134 e. The molecule has 2 fully saturated rings. The van der Waals surface area contributed by atoms with Crippen molar-refractivity contribution in [1.82, 2.24) is 0 Å². The van der Waals surface area contributed by atoms with Crippen molar-refractivity contribution in [2.75, 3.05) is 6.61 Å². The smallest absolute Gasteiger partial charge is 0.134 e. The summed E-state index contributed by atoms with van der Waals surface area (Å²) in [5.74, 6) is 3.67. The fourth-order valence-electron chi connectivity index (χ4n) is 5.81. The van der Waals surface area contributed by atoms with Crippen molar-refractivity contribution in [2.45, 2.75) is 57.3 Å². The molecule has 0 radical (unpaired) electrons. The zero-order chi connectivity index (χ0) is 21.6. The van der Waals surface area contributed by atoms with E-state index in [9.17, 15) is 4.39 Å². The second-order valence-corrected chi connectivity index (χ2v) is 9.44. The lowest BCUT2D eigenvalue weighted by atomic mass is 9.63. The molecule has 2 saturated carbocycles. The Labute approximate surface area is 187 Å². The summed E-state index contributed by atoms with van der Waals surface area (Å²) in [6.45, 7) is 7.89. The molecule has 2 aliphatic carbocycles. The van der Waals surface area contributed by atoms with Gasteiger partial charge in [-0.05, 0) is 91.9 Å². The van der Waals surface area contributed by atoms with Crippen LogP contribution in [0, 0.1) is 23.6 Å². The Morgan fingerprint density at radius 1 is 0.903 bits per heavy atom. The van der Waals surface area contributed by atoms with E-state index in [2.05, 4.69) is 43.5 Å². The number of rotatable bonds is 8. The summed E-state index contributed by atoms with van der Waals surface area (Å²) in [6, 6.07) is 13.7. The Kier molecular flexibility index (Phi) is 7.27. The van der Waals surface area contributed by atoms with Crippen LogP contribution >= 0.6 is 0 Å². The number of benzene rings is 2. The normalized spacial score (nSPS) is 25.5. The van der Waals surface area contributed by atoms with Gasteiger partial charge in [-0.25, -0.2) is 4.39 Å². The largest absolute Gasteiger partial charge is 0.489 e. The molecule has 1 nitrogen and oxygen atoms in total. The van der Waals surface area contributed by atoms with Crippen molar-refractivity contribution >= 4 is 0 Å². The lowest BCUT2D eigenvalue weighted by Crippen LogP contribution is -2.30. The SMILES string of the molecule is C=CCCC1CCC2CC(c3ccc(-c4ccc(OCC=C)cc4F)cc3)CCC2C1. The summed E-state index contributed by atoms with van der Waals surface area (Å²) in [5, 5.41) is 0. The molecule has 2 aliphatic rings. The van der Waals surface area contributed by atoms with Gasteiger partial charge in [-0.2, -0.15) is 0 Å². The number of allylic oxidation sites excluding steroid dienone is 1. The number of hydrogen-bond donors (Lipinski definition) is 0. The van der Waals surface area contributed by atoms with Gasteiger partial charge in [0, 0.05) is 11.6 Å². The molecule has 0 spiro atoms. The van der Waals surface area contributed by atoms with Crippen molar-refractivity contribution < 1.29 is 9.13 Å². The van der Waals surface area contributed by atoms with E-state index in [0.717, 1.165) is 23.3 Å². The van der Waals surface area contributed by atoms with Crippen LogP contribution < -0.4 is 4.74 Å². The zero-order valence-electron chi connectivity index (χ0n) is 18.6. The minimum absolute atomic E-state index is 0.247. The summed E-state index contributed by atoms with van der Waals surface area (Å²) in [7, 11) is 0. The fourth-order valence-corrected chi connectivity index (χ4v) is 5.81.